The van der Waals surface area contributed by atoms with E-state index >= 15 is 0 Å². The maximum absolute atomic E-state index is 13.7. The van der Waals surface area contributed by atoms with Crippen LogP contribution < -0.4 is 10.5 Å². The number of pyridine rings is 2. The van der Waals surface area contributed by atoms with Gasteiger partial charge < -0.3 is 9.47 Å². The van der Waals surface area contributed by atoms with E-state index in [0.717, 1.165) is 11.3 Å². The second-order valence-electron chi connectivity index (χ2n) is 9.21. The van der Waals surface area contributed by atoms with Crippen LogP contribution in [-0.2, 0) is 7.05 Å². The third-order valence-electron chi connectivity index (χ3n) is 6.87. The number of benzene rings is 1. The summed E-state index contributed by atoms with van der Waals surface area (Å²) in [4.78, 5) is 30.9. The summed E-state index contributed by atoms with van der Waals surface area (Å²) in [5.74, 6) is 0.357. The molecular formula is C27H26FN7O. The lowest BCUT2D eigenvalue weighted by Gasteiger charge is -2.48. The molecule has 0 spiro atoms. The van der Waals surface area contributed by atoms with E-state index in [1.54, 1.807) is 60.4 Å². The topological polar surface area (TPSA) is 90.9 Å². The molecule has 9 heteroatoms. The van der Waals surface area contributed by atoms with Crippen molar-refractivity contribution in [2.24, 2.45) is 7.05 Å². The Morgan fingerprint density at radius 2 is 1.78 bits per heavy atom. The van der Waals surface area contributed by atoms with Crippen molar-refractivity contribution in [1.82, 2.24) is 24.4 Å². The van der Waals surface area contributed by atoms with Gasteiger partial charge in [-0.3, -0.25) is 9.69 Å². The van der Waals surface area contributed by atoms with Crippen molar-refractivity contribution in [1.29, 1.82) is 5.26 Å². The zero-order chi connectivity index (χ0) is 25.4. The van der Waals surface area contributed by atoms with Crippen LogP contribution in [0.1, 0.15) is 37.0 Å². The summed E-state index contributed by atoms with van der Waals surface area (Å²) >= 11 is 0. The van der Waals surface area contributed by atoms with Crippen molar-refractivity contribution in [2.75, 3.05) is 18.0 Å². The Hall–Kier alpha value is -4.16. The van der Waals surface area contributed by atoms with Crippen LogP contribution in [0.3, 0.4) is 0 Å². The van der Waals surface area contributed by atoms with Gasteiger partial charge >= 0.3 is 0 Å². The lowest BCUT2D eigenvalue weighted by atomic mass is 9.98. The molecule has 0 amide bonds. The first-order chi connectivity index (χ1) is 17.4. The van der Waals surface area contributed by atoms with E-state index in [0.29, 0.717) is 35.6 Å². The quantitative estimate of drug-likeness (QED) is 0.439. The number of nitriles is 1. The van der Waals surface area contributed by atoms with Crippen LogP contribution in [0, 0.1) is 17.1 Å². The second-order valence-corrected chi connectivity index (χ2v) is 9.21. The summed E-state index contributed by atoms with van der Waals surface area (Å²) in [6, 6.07) is 15.2. The lowest BCUT2D eigenvalue weighted by molar-refractivity contribution is 0.125. The Kier molecular flexibility index (Phi) is 6.20. The van der Waals surface area contributed by atoms with E-state index in [1.807, 2.05) is 0 Å². The monoisotopic (exact) mass is 483 g/mol. The molecule has 0 bridgehead atoms. The fourth-order valence-electron chi connectivity index (χ4n) is 5.03. The number of hydrogen-bond acceptors (Lipinski definition) is 7. The van der Waals surface area contributed by atoms with Crippen LogP contribution in [0.2, 0.25) is 0 Å². The van der Waals surface area contributed by atoms with Gasteiger partial charge in [0.25, 0.3) is 5.56 Å². The lowest BCUT2D eigenvalue weighted by Crippen LogP contribution is -2.58. The zero-order valence-corrected chi connectivity index (χ0v) is 20.3. The zero-order valence-electron chi connectivity index (χ0n) is 20.3. The van der Waals surface area contributed by atoms with Gasteiger partial charge in [-0.2, -0.15) is 5.26 Å². The molecule has 1 aliphatic heterocycles. The van der Waals surface area contributed by atoms with Crippen LogP contribution in [0.25, 0.3) is 11.0 Å². The van der Waals surface area contributed by atoms with Gasteiger partial charge in [0, 0.05) is 50.7 Å². The molecule has 1 unspecified atom stereocenters. The smallest absolute Gasteiger partial charge is 0.252 e. The number of aromatic nitrogens is 4. The summed E-state index contributed by atoms with van der Waals surface area (Å²) in [6.45, 7) is 5.49. The van der Waals surface area contributed by atoms with Gasteiger partial charge in [-0.15, -0.1) is 0 Å². The van der Waals surface area contributed by atoms with Crippen LogP contribution >= 0.6 is 0 Å². The predicted molar refractivity (Wildman–Crippen MR) is 135 cm³/mol. The fraction of sp³-hybridized carbons (Fsp3) is 0.296. The molecule has 5 rings (SSSR count). The summed E-state index contributed by atoms with van der Waals surface area (Å²) in [7, 11) is 1.71. The highest BCUT2D eigenvalue weighted by atomic mass is 19.1. The van der Waals surface area contributed by atoms with Gasteiger partial charge in [-0.05, 0) is 49.7 Å². The number of anilines is 1. The molecule has 0 saturated carbocycles. The van der Waals surface area contributed by atoms with Crippen molar-refractivity contribution < 1.29 is 4.39 Å². The number of halogens is 1. The predicted octanol–water partition coefficient (Wildman–Crippen LogP) is 3.42. The van der Waals surface area contributed by atoms with Crippen LogP contribution in [0.4, 0.5) is 10.1 Å². The molecule has 182 valence electrons. The van der Waals surface area contributed by atoms with E-state index in [2.05, 4.69) is 44.7 Å². The Morgan fingerprint density at radius 3 is 2.47 bits per heavy atom. The van der Waals surface area contributed by atoms with E-state index in [-0.39, 0.29) is 29.5 Å². The Morgan fingerprint density at radius 1 is 1.06 bits per heavy atom. The maximum atomic E-state index is 13.7. The van der Waals surface area contributed by atoms with Crippen molar-refractivity contribution in [2.45, 2.75) is 32.0 Å². The average molecular weight is 484 g/mol. The second kappa shape index (κ2) is 9.47. The van der Waals surface area contributed by atoms with E-state index < -0.39 is 0 Å². The summed E-state index contributed by atoms with van der Waals surface area (Å²) in [6.07, 6.45) is 3.43. The highest BCUT2D eigenvalue weighted by Gasteiger charge is 2.37. The largest absolute Gasteiger partial charge is 0.364 e. The third-order valence-corrected chi connectivity index (χ3v) is 6.87. The first kappa shape index (κ1) is 23.6. The molecule has 1 fully saturated rings. The molecule has 0 aliphatic carbocycles. The van der Waals surface area contributed by atoms with Gasteiger partial charge in [0.15, 0.2) is 0 Å². The molecule has 1 saturated heterocycles. The number of piperazine rings is 1. The van der Waals surface area contributed by atoms with E-state index in [4.69, 9.17) is 0 Å². The van der Waals surface area contributed by atoms with Crippen molar-refractivity contribution in [3.63, 3.8) is 0 Å². The maximum Gasteiger partial charge on any atom is 0.252 e. The molecule has 1 aromatic carbocycles. The summed E-state index contributed by atoms with van der Waals surface area (Å²) in [5, 5.41) is 9.41. The molecule has 4 aromatic rings. The molecule has 0 radical (unpaired) electrons. The molecule has 3 aromatic heterocycles. The van der Waals surface area contributed by atoms with Crippen molar-refractivity contribution in [3.05, 3.63) is 94.2 Å². The Balaban J connectivity index is 1.55. The number of aryl methyl sites for hydroxylation is 1. The van der Waals surface area contributed by atoms with Crippen LogP contribution in [-0.4, -0.2) is 49.6 Å². The molecular weight excluding hydrogens is 457 g/mol. The number of fused-ring (bicyclic) bond motifs is 1. The fourth-order valence-corrected chi connectivity index (χ4v) is 5.03. The number of nitrogens with zero attached hydrogens (tertiary/aromatic N) is 7. The first-order valence-corrected chi connectivity index (χ1v) is 11.8. The van der Waals surface area contributed by atoms with Gasteiger partial charge in [0.1, 0.15) is 28.9 Å². The SMILES string of the molecule is C[C@@H]1CN(c2cc(=O)n(C)c3ccc(C#N)nc23)[C@@H](C)CN1C(c1ccc(F)cc1)c1ncccn1. The van der Waals surface area contributed by atoms with Crippen molar-refractivity contribution >= 4 is 16.7 Å². The normalized spacial score (nSPS) is 19.2. The average Bonchev–Trinajstić information content (AvgIpc) is 2.89. The minimum atomic E-state index is -0.292. The Bertz CT molecular complexity index is 1500. The molecule has 1 aliphatic rings. The van der Waals surface area contributed by atoms with Gasteiger partial charge in [0.2, 0.25) is 0 Å². The Labute approximate surface area is 208 Å². The molecule has 3 atom stereocenters. The number of hydrogen-bond donors (Lipinski definition) is 0. The minimum absolute atomic E-state index is 0.00992. The van der Waals surface area contributed by atoms with Gasteiger partial charge in [0.05, 0.1) is 17.2 Å². The molecule has 0 N–H and O–H groups in total. The van der Waals surface area contributed by atoms with E-state index in [1.165, 1.54) is 12.1 Å². The van der Waals surface area contributed by atoms with Crippen molar-refractivity contribution in [3.8, 4) is 6.07 Å². The van der Waals surface area contributed by atoms with Crippen LogP contribution in [0.5, 0.6) is 0 Å². The third kappa shape index (κ3) is 4.20. The van der Waals surface area contributed by atoms with Crippen LogP contribution in [0.15, 0.2) is 65.7 Å². The first-order valence-electron chi connectivity index (χ1n) is 11.8. The van der Waals surface area contributed by atoms with Gasteiger partial charge in [-0.25, -0.2) is 19.3 Å². The highest BCUT2D eigenvalue weighted by molar-refractivity contribution is 5.89. The molecule has 8 nitrogen and oxygen atoms in total. The minimum Gasteiger partial charge on any atom is -0.364 e. The summed E-state index contributed by atoms with van der Waals surface area (Å²) in [5.41, 5.74) is 3.12. The molecule has 4 heterocycles. The standard InChI is InChI=1S/C27H26FN7O/c1-17-16-35(26(27-30-11-4-12-31-27)19-5-7-20(28)8-6-19)18(2)15-34(17)23-13-24(36)33(3)22-10-9-21(14-29)32-25(22)23/h4-13,17-18,26H,15-16H2,1-3H3/t17-,18+,26?/m0/s1. The van der Waals surface area contributed by atoms with E-state index in [9.17, 15) is 14.4 Å². The molecule has 36 heavy (non-hydrogen) atoms. The number of rotatable bonds is 4. The summed E-state index contributed by atoms with van der Waals surface area (Å²) < 4.78 is 15.3. The van der Waals surface area contributed by atoms with Gasteiger partial charge in [-0.1, -0.05) is 12.1 Å². The highest BCUT2D eigenvalue weighted by Crippen LogP contribution is 2.34.